The molecule has 0 aliphatic rings. The summed E-state index contributed by atoms with van der Waals surface area (Å²) in [6.45, 7) is 0. The van der Waals surface area contributed by atoms with Gasteiger partial charge in [0.05, 0.1) is 0 Å². The van der Waals surface area contributed by atoms with Crippen molar-refractivity contribution in [1.82, 2.24) is 4.98 Å². The number of nitrogens with two attached hydrogens (primary N) is 1. The van der Waals surface area contributed by atoms with Gasteiger partial charge in [0.15, 0.2) is 23.3 Å². The summed E-state index contributed by atoms with van der Waals surface area (Å²) in [6.07, 6.45) is -4.80. The summed E-state index contributed by atoms with van der Waals surface area (Å²) in [6, 6.07) is 5.02. The first-order valence-electron chi connectivity index (χ1n) is 5.49. The molecule has 0 aliphatic carbocycles. The van der Waals surface area contributed by atoms with Gasteiger partial charge in [0.1, 0.15) is 5.75 Å². The van der Waals surface area contributed by atoms with Crippen LogP contribution in [0.25, 0.3) is 0 Å². The zero-order valence-electron chi connectivity index (χ0n) is 10.2. The number of alkyl halides is 3. The maximum Gasteiger partial charge on any atom is 0.573 e. The lowest BCUT2D eigenvalue weighted by atomic mass is 10.3. The van der Waals surface area contributed by atoms with Crippen molar-refractivity contribution in [3.63, 3.8) is 0 Å². The zero-order valence-corrected chi connectivity index (χ0v) is 10.2. The highest BCUT2D eigenvalue weighted by Crippen LogP contribution is 2.26. The normalized spacial score (nSPS) is 11.3. The monoisotopic (exact) mass is 305 g/mol. The molecule has 1 aromatic heterocycles. The Morgan fingerprint density at radius 1 is 1.05 bits per heavy atom. The van der Waals surface area contributed by atoms with Crippen LogP contribution in [-0.2, 0) is 0 Å². The number of halogens is 5. The second kappa shape index (κ2) is 5.43. The number of nitrogens with zero attached hydrogens (tertiary/aromatic N) is 1. The molecule has 0 saturated heterocycles. The highest BCUT2D eigenvalue weighted by molar-refractivity contribution is 5.59. The third-order valence-electron chi connectivity index (χ3n) is 2.31. The summed E-state index contributed by atoms with van der Waals surface area (Å²) < 4.78 is 66.0. The van der Waals surface area contributed by atoms with Crippen LogP contribution in [0.5, 0.6) is 5.75 Å². The largest absolute Gasteiger partial charge is 0.573 e. The lowest BCUT2D eigenvalue weighted by Gasteiger charge is -2.10. The smallest absolute Gasteiger partial charge is 0.406 e. The molecule has 0 bridgehead atoms. The average molecular weight is 305 g/mol. The quantitative estimate of drug-likeness (QED) is 0.851. The second-order valence-electron chi connectivity index (χ2n) is 3.88. The van der Waals surface area contributed by atoms with Crippen LogP contribution < -0.4 is 15.8 Å². The van der Waals surface area contributed by atoms with E-state index in [1.807, 2.05) is 0 Å². The number of hydrogen-bond acceptors (Lipinski definition) is 4. The van der Waals surface area contributed by atoms with Gasteiger partial charge in [-0.25, -0.2) is 13.8 Å². The van der Waals surface area contributed by atoms with E-state index < -0.39 is 29.6 Å². The van der Waals surface area contributed by atoms with Crippen molar-refractivity contribution < 1.29 is 26.7 Å². The van der Waals surface area contributed by atoms with Crippen molar-refractivity contribution in [2.24, 2.45) is 0 Å². The van der Waals surface area contributed by atoms with Gasteiger partial charge in [0.25, 0.3) is 0 Å². The third kappa shape index (κ3) is 3.94. The fourth-order valence-corrected chi connectivity index (χ4v) is 1.45. The van der Waals surface area contributed by atoms with Gasteiger partial charge in [0, 0.05) is 11.8 Å². The van der Waals surface area contributed by atoms with E-state index in [0.717, 1.165) is 12.1 Å². The summed E-state index contributed by atoms with van der Waals surface area (Å²) in [7, 11) is 0. The molecule has 1 aromatic carbocycles. The standard InChI is InChI=1S/C12H8F5N3O/c13-8-5-9(14)11(20-10(8)18)19-6-1-3-7(4-2-6)21-12(15,16)17/h1-5H,(H3,18,19,20). The van der Waals surface area contributed by atoms with E-state index in [9.17, 15) is 22.0 Å². The molecule has 0 fully saturated rings. The number of pyridine rings is 1. The molecule has 0 aliphatic heterocycles. The van der Waals surface area contributed by atoms with E-state index in [-0.39, 0.29) is 11.5 Å². The zero-order chi connectivity index (χ0) is 15.6. The van der Waals surface area contributed by atoms with Gasteiger partial charge in [-0.3, -0.25) is 0 Å². The van der Waals surface area contributed by atoms with E-state index in [0.29, 0.717) is 6.07 Å². The Balaban J connectivity index is 2.16. The van der Waals surface area contributed by atoms with Crippen molar-refractivity contribution in [2.45, 2.75) is 6.36 Å². The molecular weight excluding hydrogens is 297 g/mol. The number of nitrogens with one attached hydrogen (secondary N) is 1. The Labute approximate surface area is 115 Å². The van der Waals surface area contributed by atoms with Crippen molar-refractivity contribution in [1.29, 1.82) is 0 Å². The Morgan fingerprint density at radius 2 is 1.67 bits per heavy atom. The molecule has 112 valence electrons. The molecule has 3 N–H and O–H groups in total. The lowest BCUT2D eigenvalue weighted by molar-refractivity contribution is -0.274. The summed E-state index contributed by atoms with van der Waals surface area (Å²) in [5, 5.41) is 2.46. The van der Waals surface area contributed by atoms with Crippen LogP contribution in [0.3, 0.4) is 0 Å². The molecule has 0 saturated carbocycles. The van der Waals surface area contributed by atoms with Gasteiger partial charge in [-0.2, -0.15) is 0 Å². The van der Waals surface area contributed by atoms with Gasteiger partial charge in [-0.15, -0.1) is 13.2 Å². The highest BCUT2D eigenvalue weighted by atomic mass is 19.4. The van der Waals surface area contributed by atoms with Gasteiger partial charge in [-0.05, 0) is 24.3 Å². The summed E-state index contributed by atoms with van der Waals surface area (Å²) in [4.78, 5) is 3.45. The van der Waals surface area contributed by atoms with E-state index >= 15 is 0 Å². The minimum absolute atomic E-state index is 0.224. The van der Waals surface area contributed by atoms with Crippen LogP contribution in [-0.4, -0.2) is 11.3 Å². The molecule has 1 heterocycles. The van der Waals surface area contributed by atoms with Crippen molar-refractivity contribution in [3.05, 3.63) is 42.0 Å². The Bertz CT molecular complexity index is 643. The first-order chi connectivity index (χ1) is 9.74. The fourth-order valence-electron chi connectivity index (χ4n) is 1.45. The number of ether oxygens (including phenoxy) is 1. The number of nitrogen functional groups attached to an aromatic ring is 1. The van der Waals surface area contributed by atoms with E-state index in [2.05, 4.69) is 15.0 Å². The number of hydrogen-bond donors (Lipinski definition) is 2. The first kappa shape index (κ1) is 14.8. The lowest BCUT2D eigenvalue weighted by Crippen LogP contribution is -2.17. The predicted molar refractivity (Wildman–Crippen MR) is 65.0 cm³/mol. The highest BCUT2D eigenvalue weighted by Gasteiger charge is 2.30. The Kier molecular flexibility index (Phi) is 3.83. The molecule has 9 heteroatoms. The van der Waals surface area contributed by atoms with E-state index in [1.54, 1.807) is 0 Å². The first-order valence-corrected chi connectivity index (χ1v) is 5.49. The molecule has 0 atom stereocenters. The fraction of sp³-hybridized carbons (Fsp3) is 0.0833. The molecule has 0 spiro atoms. The van der Waals surface area contributed by atoms with Crippen molar-refractivity contribution >= 4 is 17.3 Å². The molecule has 4 nitrogen and oxygen atoms in total. The van der Waals surface area contributed by atoms with Crippen LogP contribution in [0.1, 0.15) is 0 Å². The number of anilines is 3. The van der Waals surface area contributed by atoms with Gasteiger partial charge in [0.2, 0.25) is 0 Å². The molecule has 2 aromatic rings. The Hall–Kier alpha value is -2.58. The van der Waals surface area contributed by atoms with Crippen LogP contribution in [0.2, 0.25) is 0 Å². The second-order valence-corrected chi connectivity index (χ2v) is 3.88. The van der Waals surface area contributed by atoms with Gasteiger partial charge in [-0.1, -0.05) is 0 Å². The Morgan fingerprint density at radius 3 is 2.24 bits per heavy atom. The SMILES string of the molecule is Nc1nc(Nc2ccc(OC(F)(F)F)cc2)c(F)cc1F. The predicted octanol–water partition coefficient (Wildman–Crippen LogP) is 3.58. The van der Waals surface area contributed by atoms with Crippen molar-refractivity contribution in [3.8, 4) is 5.75 Å². The molecule has 2 rings (SSSR count). The molecule has 0 amide bonds. The maximum atomic E-state index is 13.4. The summed E-state index contributed by atoms with van der Waals surface area (Å²) >= 11 is 0. The van der Waals surface area contributed by atoms with Gasteiger partial charge >= 0.3 is 6.36 Å². The number of benzene rings is 1. The topological polar surface area (TPSA) is 60.2 Å². The summed E-state index contributed by atoms with van der Waals surface area (Å²) in [5.74, 6) is -3.28. The maximum absolute atomic E-state index is 13.4. The molecule has 21 heavy (non-hydrogen) atoms. The number of aromatic nitrogens is 1. The summed E-state index contributed by atoms with van der Waals surface area (Å²) in [5.41, 5.74) is 5.42. The van der Waals surface area contributed by atoms with Crippen LogP contribution in [0.4, 0.5) is 39.3 Å². The minimum Gasteiger partial charge on any atom is -0.406 e. The van der Waals surface area contributed by atoms with Crippen molar-refractivity contribution in [2.75, 3.05) is 11.1 Å². The molecule has 0 unspecified atom stereocenters. The average Bonchev–Trinajstić information content (AvgIpc) is 2.36. The van der Waals surface area contributed by atoms with Crippen LogP contribution >= 0.6 is 0 Å². The molecular formula is C12H8F5N3O. The van der Waals surface area contributed by atoms with Gasteiger partial charge < -0.3 is 15.8 Å². The van der Waals surface area contributed by atoms with Crippen LogP contribution in [0.15, 0.2) is 30.3 Å². The minimum atomic E-state index is -4.80. The van der Waals surface area contributed by atoms with Crippen LogP contribution in [0, 0.1) is 11.6 Å². The molecule has 0 radical (unpaired) electrons. The number of rotatable bonds is 3. The van der Waals surface area contributed by atoms with E-state index in [4.69, 9.17) is 5.73 Å². The van der Waals surface area contributed by atoms with E-state index in [1.165, 1.54) is 12.1 Å². The third-order valence-corrected chi connectivity index (χ3v) is 2.31.